The van der Waals surface area contributed by atoms with Gasteiger partial charge in [0.15, 0.2) is 11.3 Å². The minimum atomic E-state index is -4.66. The molecule has 3 aliphatic heterocycles. The molecule has 12 heteroatoms. The summed E-state index contributed by atoms with van der Waals surface area (Å²) in [4.78, 5) is 28.9. The van der Waals surface area contributed by atoms with Crippen molar-refractivity contribution in [1.82, 2.24) is 20.0 Å². The smallest absolute Gasteiger partial charge is 0.342 e. The lowest BCUT2D eigenvalue weighted by Gasteiger charge is -2.37. The Bertz CT molecular complexity index is 1130. The molecule has 0 bridgehead atoms. The summed E-state index contributed by atoms with van der Waals surface area (Å²) in [7, 11) is 0. The zero-order valence-electron chi connectivity index (χ0n) is 17.7. The Hall–Kier alpha value is -3.15. The van der Waals surface area contributed by atoms with Crippen LogP contribution in [0.5, 0.6) is 0 Å². The number of nitrogens with zero attached hydrogens (tertiary/aromatic N) is 4. The lowest BCUT2D eigenvalue weighted by Crippen LogP contribution is -2.51. The SMILES string of the molecule is O=C(c1cc(C(F)(F)F)cnn1)N1CCC2(CC1)OC1CCC(c3cc(F)cc(F)c3)N1C2=O. The predicted octanol–water partition coefficient (Wildman–Crippen LogP) is 3.47. The highest BCUT2D eigenvalue weighted by Crippen LogP contribution is 2.47. The van der Waals surface area contributed by atoms with Crippen molar-refractivity contribution < 1.29 is 36.3 Å². The quantitative estimate of drug-likeness (QED) is 0.613. The van der Waals surface area contributed by atoms with Crippen LogP contribution in [0.2, 0.25) is 0 Å². The average molecular weight is 482 g/mol. The van der Waals surface area contributed by atoms with Gasteiger partial charge in [-0.25, -0.2) is 8.78 Å². The van der Waals surface area contributed by atoms with Gasteiger partial charge < -0.3 is 14.5 Å². The Morgan fingerprint density at radius 3 is 2.38 bits per heavy atom. The molecule has 2 amide bonds. The minimum absolute atomic E-state index is 0.0717. The molecule has 0 radical (unpaired) electrons. The molecule has 4 heterocycles. The number of alkyl halides is 3. The Labute approximate surface area is 190 Å². The zero-order chi connectivity index (χ0) is 24.3. The molecule has 7 nitrogen and oxygen atoms in total. The highest BCUT2D eigenvalue weighted by Gasteiger charge is 2.58. The van der Waals surface area contributed by atoms with Crippen LogP contribution < -0.4 is 0 Å². The first-order valence-electron chi connectivity index (χ1n) is 10.7. The molecule has 2 unspecified atom stereocenters. The summed E-state index contributed by atoms with van der Waals surface area (Å²) in [6, 6.07) is 3.29. The molecular weight excluding hydrogens is 463 g/mol. The van der Waals surface area contributed by atoms with Gasteiger partial charge in [0.1, 0.15) is 17.9 Å². The van der Waals surface area contributed by atoms with Crippen molar-refractivity contribution in [2.24, 2.45) is 0 Å². The molecule has 2 atom stereocenters. The molecule has 0 N–H and O–H groups in total. The molecule has 34 heavy (non-hydrogen) atoms. The van der Waals surface area contributed by atoms with Crippen LogP contribution in [0, 0.1) is 11.6 Å². The van der Waals surface area contributed by atoms with Gasteiger partial charge in [-0.15, -0.1) is 5.10 Å². The van der Waals surface area contributed by atoms with E-state index in [-0.39, 0.29) is 31.8 Å². The van der Waals surface area contributed by atoms with E-state index in [9.17, 15) is 31.5 Å². The van der Waals surface area contributed by atoms with Crippen molar-refractivity contribution in [3.63, 3.8) is 0 Å². The second-order valence-corrected chi connectivity index (χ2v) is 8.69. The fourth-order valence-electron chi connectivity index (χ4n) is 5.00. The van der Waals surface area contributed by atoms with Crippen LogP contribution in [-0.4, -0.2) is 56.7 Å². The molecule has 3 aliphatic rings. The van der Waals surface area contributed by atoms with Crippen molar-refractivity contribution in [3.8, 4) is 0 Å². The topological polar surface area (TPSA) is 75.6 Å². The van der Waals surface area contributed by atoms with Crippen LogP contribution in [0.25, 0.3) is 0 Å². The van der Waals surface area contributed by atoms with Gasteiger partial charge in [0.05, 0.1) is 17.8 Å². The Morgan fingerprint density at radius 1 is 1.06 bits per heavy atom. The number of carbonyl (C=O) groups is 2. The van der Waals surface area contributed by atoms with Crippen LogP contribution in [0.1, 0.15) is 53.3 Å². The second-order valence-electron chi connectivity index (χ2n) is 8.69. The minimum Gasteiger partial charge on any atom is -0.342 e. The molecule has 3 fully saturated rings. The van der Waals surface area contributed by atoms with Crippen molar-refractivity contribution in [3.05, 3.63) is 58.9 Å². The summed E-state index contributed by atoms with van der Waals surface area (Å²) in [5.74, 6) is -2.49. The number of piperidine rings is 1. The first kappa shape index (κ1) is 22.6. The van der Waals surface area contributed by atoms with E-state index >= 15 is 0 Å². The molecule has 180 valence electrons. The summed E-state index contributed by atoms with van der Waals surface area (Å²) in [5, 5.41) is 6.81. The summed E-state index contributed by atoms with van der Waals surface area (Å²) in [6.07, 6.45) is -3.38. The van der Waals surface area contributed by atoms with Gasteiger partial charge in [-0.3, -0.25) is 9.59 Å². The number of rotatable bonds is 2. The van der Waals surface area contributed by atoms with E-state index in [0.717, 1.165) is 6.07 Å². The number of fused-ring (bicyclic) bond motifs is 1. The molecule has 1 aromatic carbocycles. The summed E-state index contributed by atoms with van der Waals surface area (Å²) >= 11 is 0. The number of benzene rings is 1. The molecule has 1 spiro atoms. The van der Waals surface area contributed by atoms with Crippen molar-refractivity contribution in [2.75, 3.05) is 13.1 Å². The van der Waals surface area contributed by atoms with E-state index < -0.39 is 52.8 Å². The standard InChI is InChI=1S/C22H19F5N4O3/c23-14-7-12(8-15(24)10-14)17-1-2-18-31(17)20(33)21(34-18)3-5-30(6-4-21)19(32)16-9-13(11-28-29-16)22(25,26)27/h7-11,17-18H,1-6H2. The van der Waals surface area contributed by atoms with Crippen LogP contribution in [-0.2, 0) is 15.7 Å². The maximum atomic E-state index is 13.7. The maximum absolute atomic E-state index is 13.7. The largest absolute Gasteiger partial charge is 0.418 e. The molecule has 0 saturated carbocycles. The second kappa shape index (κ2) is 7.97. The predicted molar refractivity (Wildman–Crippen MR) is 105 cm³/mol. The maximum Gasteiger partial charge on any atom is 0.418 e. The molecule has 3 saturated heterocycles. The summed E-state index contributed by atoms with van der Waals surface area (Å²) < 4.78 is 72.4. The Kier molecular flexibility index (Phi) is 5.30. The van der Waals surface area contributed by atoms with E-state index in [4.69, 9.17) is 4.74 Å². The third kappa shape index (κ3) is 3.79. The van der Waals surface area contributed by atoms with Crippen LogP contribution >= 0.6 is 0 Å². The van der Waals surface area contributed by atoms with Crippen LogP contribution in [0.15, 0.2) is 30.5 Å². The van der Waals surface area contributed by atoms with E-state index in [1.54, 1.807) is 0 Å². The molecule has 5 rings (SSSR count). The fourth-order valence-corrected chi connectivity index (χ4v) is 5.00. The van der Waals surface area contributed by atoms with E-state index in [1.165, 1.54) is 21.9 Å². The van der Waals surface area contributed by atoms with Gasteiger partial charge in [-0.1, -0.05) is 0 Å². The number of amides is 2. The lowest BCUT2D eigenvalue weighted by atomic mass is 9.89. The van der Waals surface area contributed by atoms with Gasteiger partial charge in [0.25, 0.3) is 11.8 Å². The van der Waals surface area contributed by atoms with Crippen molar-refractivity contribution in [1.29, 1.82) is 0 Å². The molecule has 2 aromatic rings. The van der Waals surface area contributed by atoms with Gasteiger partial charge in [0.2, 0.25) is 0 Å². The third-order valence-corrected chi connectivity index (χ3v) is 6.65. The number of aromatic nitrogens is 2. The zero-order valence-corrected chi connectivity index (χ0v) is 17.7. The fraction of sp³-hybridized carbons (Fsp3) is 0.455. The molecule has 0 aliphatic carbocycles. The number of ether oxygens (including phenoxy) is 1. The number of likely N-dealkylation sites (tertiary alicyclic amines) is 1. The molecular formula is C22H19F5N4O3. The number of carbonyl (C=O) groups excluding carboxylic acids is 2. The first-order valence-corrected chi connectivity index (χ1v) is 10.7. The van der Waals surface area contributed by atoms with Gasteiger partial charge in [-0.2, -0.15) is 18.3 Å². The van der Waals surface area contributed by atoms with Gasteiger partial charge in [-0.05, 0) is 36.6 Å². The van der Waals surface area contributed by atoms with E-state index in [2.05, 4.69) is 10.2 Å². The number of hydrogen-bond acceptors (Lipinski definition) is 5. The van der Waals surface area contributed by atoms with Crippen LogP contribution in [0.4, 0.5) is 22.0 Å². The third-order valence-electron chi connectivity index (χ3n) is 6.65. The summed E-state index contributed by atoms with van der Waals surface area (Å²) in [5.41, 5.74) is -2.34. The Balaban J connectivity index is 1.30. The highest BCUT2D eigenvalue weighted by atomic mass is 19.4. The number of halogens is 5. The Morgan fingerprint density at radius 2 is 1.74 bits per heavy atom. The van der Waals surface area contributed by atoms with Gasteiger partial charge in [0, 0.05) is 32.0 Å². The van der Waals surface area contributed by atoms with Crippen LogP contribution in [0.3, 0.4) is 0 Å². The monoisotopic (exact) mass is 482 g/mol. The van der Waals surface area contributed by atoms with E-state index in [1.807, 2.05) is 0 Å². The van der Waals surface area contributed by atoms with Crippen molar-refractivity contribution in [2.45, 2.75) is 49.7 Å². The summed E-state index contributed by atoms with van der Waals surface area (Å²) in [6.45, 7) is 0.143. The lowest BCUT2D eigenvalue weighted by molar-refractivity contribution is -0.142. The first-order chi connectivity index (χ1) is 16.1. The normalized spacial score (nSPS) is 24.1. The number of hydrogen-bond donors (Lipinski definition) is 0. The van der Waals surface area contributed by atoms with E-state index in [0.29, 0.717) is 30.7 Å². The highest BCUT2D eigenvalue weighted by molar-refractivity contribution is 5.93. The van der Waals surface area contributed by atoms with Gasteiger partial charge >= 0.3 is 6.18 Å². The molecule has 1 aromatic heterocycles. The average Bonchev–Trinajstić information content (AvgIpc) is 3.31. The van der Waals surface area contributed by atoms with Crippen molar-refractivity contribution >= 4 is 11.8 Å².